The topological polar surface area (TPSA) is 69.3 Å². The lowest BCUT2D eigenvalue weighted by Crippen LogP contribution is -2.30. The maximum absolute atomic E-state index is 12.9. The van der Waals surface area contributed by atoms with Crippen molar-refractivity contribution < 1.29 is 45.7 Å². The van der Waals surface area contributed by atoms with E-state index in [1.807, 2.05) is 0 Å². The molecular formula is C20H15F5N2O5S. The van der Waals surface area contributed by atoms with Crippen LogP contribution in [0.4, 0.5) is 27.6 Å². The zero-order valence-corrected chi connectivity index (χ0v) is 17.7. The summed E-state index contributed by atoms with van der Waals surface area (Å²) < 4.78 is 80.8. The fourth-order valence-electron chi connectivity index (χ4n) is 2.92. The van der Waals surface area contributed by atoms with Gasteiger partial charge in [-0.1, -0.05) is 0 Å². The number of hydrogen-bond donors (Lipinski definition) is 1. The summed E-state index contributed by atoms with van der Waals surface area (Å²) in [5, 5.41) is 2.68. The van der Waals surface area contributed by atoms with Crippen molar-refractivity contribution in [2.24, 2.45) is 0 Å². The molecule has 0 radical (unpaired) electrons. The molecule has 0 aliphatic carbocycles. The predicted molar refractivity (Wildman–Crippen MR) is 110 cm³/mol. The van der Waals surface area contributed by atoms with Crippen LogP contribution in [0.2, 0.25) is 0 Å². The fraction of sp³-hybridized carbons (Fsp3) is 0.200. The van der Waals surface area contributed by atoms with Gasteiger partial charge < -0.3 is 24.3 Å². The summed E-state index contributed by atoms with van der Waals surface area (Å²) in [6, 6.07) is 7.24. The molecule has 1 amide bonds. The van der Waals surface area contributed by atoms with Crippen molar-refractivity contribution in [3.05, 3.63) is 47.7 Å². The second-order valence-corrected chi connectivity index (χ2v) is 6.69. The van der Waals surface area contributed by atoms with Crippen molar-refractivity contribution in [3.8, 4) is 23.0 Å². The second kappa shape index (κ2) is 9.48. The van der Waals surface area contributed by atoms with Crippen molar-refractivity contribution in [3.63, 3.8) is 0 Å². The lowest BCUT2D eigenvalue weighted by atomic mass is 10.1. The highest BCUT2D eigenvalue weighted by molar-refractivity contribution is 7.80. The highest BCUT2D eigenvalue weighted by Crippen LogP contribution is 2.40. The van der Waals surface area contributed by atoms with E-state index in [9.17, 15) is 26.7 Å². The van der Waals surface area contributed by atoms with Crippen LogP contribution in [-0.4, -0.2) is 38.2 Å². The molecule has 0 saturated carbocycles. The summed E-state index contributed by atoms with van der Waals surface area (Å²) in [5.41, 5.74) is 0.549. The molecule has 2 aromatic carbocycles. The summed E-state index contributed by atoms with van der Waals surface area (Å²) in [6.45, 7) is -3.12. The zero-order valence-electron chi connectivity index (χ0n) is 16.9. The van der Waals surface area contributed by atoms with Crippen LogP contribution >= 0.6 is 12.2 Å². The number of amides is 1. The van der Waals surface area contributed by atoms with Crippen molar-refractivity contribution in [1.29, 1.82) is 0 Å². The third-order valence-corrected chi connectivity index (χ3v) is 4.49. The number of nitrogens with one attached hydrogen (secondary N) is 1. The largest absolute Gasteiger partial charge is 0.573 e. The Labute approximate surface area is 189 Å². The number of halogens is 5. The van der Waals surface area contributed by atoms with Crippen molar-refractivity contribution in [2.45, 2.75) is 13.0 Å². The molecule has 1 heterocycles. The summed E-state index contributed by atoms with van der Waals surface area (Å²) in [4.78, 5) is 13.9. The molecule has 0 aromatic heterocycles. The quantitative estimate of drug-likeness (QED) is 0.349. The Morgan fingerprint density at radius 1 is 1.06 bits per heavy atom. The predicted octanol–water partition coefficient (Wildman–Crippen LogP) is 4.47. The maximum Gasteiger partial charge on any atom is 0.573 e. The number of anilines is 1. The number of carbonyl (C=O) groups is 1. The molecule has 0 spiro atoms. The number of ether oxygens (including phenoxy) is 4. The lowest BCUT2D eigenvalue weighted by molar-refractivity contribution is -0.274. The first-order valence-electron chi connectivity index (χ1n) is 8.96. The molecule has 0 atom stereocenters. The molecule has 1 N–H and O–H groups in total. The molecule has 13 heteroatoms. The smallest absolute Gasteiger partial charge is 0.493 e. The number of thiocarbonyl (C=S) groups is 1. The summed E-state index contributed by atoms with van der Waals surface area (Å²) in [7, 11) is 2.48. The van der Waals surface area contributed by atoms with Crippen molar-refractivity contribution in [2.75, 3.05) is 19.1 Å². The van der Waals surface area contributed by atoms with Crippen LogP contribution < -0.4 is 29.2 Å². The van der Waals surface area contributed by atoms with Gasteiger partial charge in [0.2, 0.25) is 5.75 Å². The van der Waals surface area contributed by atoms with Crippen LogP contribution in [0, 0.1) is 0 Å². The zero-order chi connectivity index (χ0) is 24.3. The normalized spacial score (nSPS) is 15.2. The number of carbonyl (C=O) groups excluding carboxylic acids is 1. The molecule has 3 rings (SSSR count). The van der Waals surface area contributed by atoms with Gasteiger partial charge in [-0.15, -0.1) is 13.2 Å². The van der Waals surface area contributed by atoms with Gasteiger partial charge in [-0.05, 0) is 60.3 Å². The number of hydrogen-bond acceptors (Lipinski definition) is 6. The van der Waals surface area contributed by atoms with Crippen LogP contribution in [-0.2, 0) is 4.79 Å². The van der Waals surface area contributed by atoms with E-state index in [-0.39, 0.29) is 33.7 Å². The third kappa shape index (κ3) is 5.61. The van der Waals surface area contributed by atoms with Gasteiger partial charge in [0.05, 0.1) is 19.9 Å². The molecule has 2 aromatic rings. The number of rotatable bonds is 7. The van der Waals surface area contributed by atoms with Gasteiger partial charge in [-0.25, -0.2) is 0 Å². The van der Waals surface area contributed by atoms with E-state index >= 15 is 0 Å². The molecule has 1 aliphatic rings. The Kier molecular flexibility index (Phi) is 6.91. The fourth-order valence-corrected chi connectivity index (χ4v) is 3.22. The third-order valence-electron chi connectivity index (χ3n) is 4.21. The molecule has 176 valence electrons. The van der Waals surface area contributed by atoms with Gasteiger partial charge in [0.1, 0.15) is 11.4 Å². The van der Waals surface area contributed by atoms with E-state index in [4.69, 9.17) is 21.7 Å². The van der Waals surface area contributed by atoms with Gasteiger partial charge >= 0.3 is 13.0 Å². The van der Waals surface area contributed by atoms with E-state index in [2.05, 4.69) is 14.8 Å². The average molecular weight is 490 g/mol. The lowest BCUT2D eigenvalue weighted by Gasteiger charge is -2.15. The van der Waals surface area contributed by atoms with Gasteiger partial charge in [-0.3, -0.25) is 9.69 Å². The van der Waals surface area contributed by atoms with Crippen LogP contribution in [0.25, 0.3) is 6.08 Å². The van der Waals surface area contributed by atoms with Crippen molar-refractivity contribution in [1.82, 2.24) is 5.32 Å². The number of nitrogens with zero attached hydrogens (tertiary/aromatic N) is 1. The minimum absolute atomic E-state index is 0.0160. The average Bonchev–Trinajstić information content (AvgIpc) is 3.01. The van der Waals surface area contributed by atoms with E-state index in [0.29, 0.717) is 5.56 Å². The highest BCUT2D eigenvalue weighted by Gasteiger charge is 2.33. The minimum Gasteiger partial charge on any atom is -0.493 e. The molecule has 1 aliphatic heterocycles. The van der Waals surface area contributed by atoms with Gasteiger partial charge in [0.25, 0.3) is 5.91 Å². The van der Waals surface area contributed by atoms with Crippen LogP contribution in [0.15, 0.2) is 42.1 Å². The van der Waals surface area contributed by atoms with E-state index in [0.717, 1.165) is 17.0 Å². The van der Waals surface area contributed by atoms with Crippen molar-refractivity contribution >= 4 is 35.0 Å². The first-order valence-corrected chi connectivity index (χ1v) is 9.37. The summed E-state index contributed by atoms with van der Waals surface area (Å²) >= 11 is 5.17. The standard InChI is InChI=1S/C20H15F5N2O5S/c1-29-14-8-10(9-15(30-2)16(14)31-18(21)22)7-13-17(28)27(19(33)26-13)11-3-5-12(6-4-11)32-20(23,24)25/h3-9,18H,1-2H3,(H,26,33)/b13-7-. The van der Waals surface area contributed by atoms with E-state index < -0.39 is 24.6 Å². The van der Waals surface area contributed by atoms with Crippen LogP contribution in [0.5, 0.6) is 23.0 Å². The Hall–Kier alpha value is -3.61. The first kappa shape index (κ1) is 24.0. The molecule has 0 unspecified atom stereocenters. The minimum atomic E-state index is -4.85. The monoisotopic (exact) mass is 490 g/mol. The van der Waals surface area contributed by atoms with Gasteiger partial charge in [0, 0.05) is 0 Å². The summed E-state index contributed by atoms with van der Waals surface area (Å²) in [5.74, 6) is -1.51. The van der Waals surface area contributed by atoms with Crippen LogP contribution in [0.3, 0.4) is 0 Å². The molecule has 1 fully saturated rings. The SMILES string of the molecule is COc1cc(/C=C2\NC(=S)N(c3ccc(OC(F)(F)F)cc3)C2=O)cc(OC)c1OC(F)F. The Morgan fingerprint density at radius 3 is 2.12 bits per heavy atom. The van der Waals surface area contributed by atoms with Crippen LogP contribution in [0.1, 0.15) is 5.56 Å². The second-order valence-electron chi connectivity index (χ2n) is 6.30. The van der Waals surface area contributed by atoms with Gasteiger partial charge in [-0.2, -0.15) is 8.78 Å². The highest BCUT2D eigenvalue weighted by atomic mass is 32.1. The Bertz CT molecular complexity index is 1060. The maximum atomic E-state index is 12.9. The van der Waals surface area contributed by atoms with Gasteiger partial charge in [0.15, 0.2) is 16.6 Å². The molecule has 7 nitrogen and oxygen atoms in total. The molecule has 1 saturated heterocycles. The number of benzene rings is 2. The van der Waals surface area contributed by atoms with E-state index in [1.165, 1.54) is 44.6 Å². The molecular weight excluding hydrogens is 475 g/mol. The molecule has 33 heavy (non-hydrogen) atoms. The summed E-state index contributed by atoms with van der Waals surface area (Å²) in [6.07, 6.45) is -3.48. The number of methoxy groups -OCH3 is 2. The van der Waals surface area contributed by atoms with E-state index in [1.54, 1.807) is 0 Å². The number of alkyl halides is 5. The molecule has 0 bridgehead atoms. The Balaban J connectivity index is 1.89. The first-order chi connectivity index (χ1) is 15.5. The Morgan fingerprint density at radius 2 is 1.64 bits per heavy atom.